The third kappa shape index (κ3) is 3.96. The van der Waals surface area contributed by atoms with Crippen LogP contribution in [0.2, 0.25) is 0 Å². The monoisotopic (exact) mass is 375 g/mol. The SMILES string of the molecule is O=C(CCCc1cccnc1)Nc1ccc2c(c1)N(C(=O)c1ccco1)CC2. The first-order valence-electron chi connectivity index (χ1n) is 9.38. The summed E-state index contributed by atoms with van der Waals surface area (Å²) in [7, 11) is 0. The number of anilines is 2. The molecular formula is C22H21N3O3. The van der Waals surface area contributed by atoms with Gasteiger partial charge in [-0.3, -0.25) is 14.6 Å². The number of carbonyl (C=O) groups excluding carboxylic acids is 2. The molecule has 1 aliphatic heterocycles. The van der Waals surface area contributed by atoms with Crippen LogP contribution in [-0.2, 0) is 17.6 Å². The van der Waals surface area contributed by atoms with Gasteiger partial charge in [-0.1, -0.05) is 12.1 Å². The van der Waals surface area contributed by atoms with Gasteiger partial charge in [-0.2, -0.15) is 0 Å². The standard InChI is InChI=1S/C22H21N3O3/c26-21(7-1-4-16-5-2-11-23-15-16)24-18-9-8-17-10-12-25(19(17)14-18)22(27)20-6-3-13-28-20/h2-3,5-6,8-9,11,13-15H,1,4,7,10,12H2,(H,24,26). The molecule has 1 aliphatic rings. The number of nitrogens with zero attached hydrogens (tertiary/aromatic N) is 2. The van der Waals surface area contributed by atoms with Crippen molar-refractivity contribution in [2.75, 3.05) is 16.8 Å². The highest BCUT2D eigenvalue weighted by Crippen LogP contribution is 2.32. The molecule has 0 radical (unpaired) electrons. The molecule has 4 rings (SSSR count). The molecule has 0 unspecified atom stereocenters. The molecule has 6 nitrogen and oxygen atoms in total. The lowest BCUT2D eigenvalue weighted by atomic mass is 10.1. The van der Waals surface area contributed by atoms with Crippen LogP contribution in [0.15, 0.2) is 65.5 Å². The zero-order valence-electron chi connectivity index (χ0n) is 15.4. The lowest BCUT2D eigenvalue weighted by Gasteiger charge is -2.17. The molecule has 0 saturated carbocycles. The molecule has 2 amide bonds. The van der Waals surface area contributed by atoms with Crippen molar-refractivity contribution in [2.45, 2.75) is 25.7 Å². The first kappa shape index (κ1) is 18.0. The second-order valence-corrected chi connectivity index (χ2v) is 6.79. The number of furan rings is 1. The summed E-state index contributed by atoms with van der Waals surface area (Å²) < 4.78 is 5.23. The van der Waals surface area contributed by atoms with Crippen molar-refractivity contribution in [1.82, 2.24) is 4.98 Å². The number of aromatic nitrogens is 1. The van der Waals surface area contributed by atoms with Crippen LogP contribution in [0.3, 0.4) is 0 Å². The lowest BCUT2D eigenvalue weighted by molar-refractivity contribution is -0.116. The van der Waals surface area contributed by atoms with E-state index < -0.39 is 0 Å². The summed E-state index contributed by atoms with van der Waals surface area (Å²) in [5, 5.41) is 2.94. The highest BCUT2D eigenvalue weighted by molar-refractivity contribution is 6.06. The quantitative estimate of drug-likeness (QED) is 0.710. The van der Waals surface area contributed by atoms with Gasteiger partial charge in [0.2, 0.25) is 5.91 Å². The molecule has 0 atom stereocenters. The van der Waals surface area contributed by atoms with Crippen molar-refractivity contribution < 1.29 is 14.0 Å². The maximum atomic E-state index is 12.6. The second-order valence-electron chi connectivity index (χ2n) is 6.79. The van der Waals surface area contributed by atoms with Gasteiger partial charge >= 0.3 is 0 Å². The van der Waals surface area contributed by atoms with Crippen molar-refractivity contribution in [3.8, 4) is 0 Å². The number of hydrogen-bond donors (Lipinski definition) is 1. The first-order valence-corrected chi connectivity index (χ1v) is 9.38. The van der Waals surface area contributed by atoms with E-state index >= 15 is 0 Å². The summed E-state index contributed by atoms with van der Waals surface area (Å²) in [5.41, 5.74) is 3.74. The van der Waals surface area contributed by atoms with Crippen LogP contribution in [0.4, 0.5) is 11.4 Å². The van der Waals surface area contributed by atoms with Gasteiger partial charge in [0, 0.05) is 36.7 Å². The summed E-state index contributed by atoms with van der Waals surface area (Å²) in [4.78, 5) is 30.7. The smallest absolute Gasteiger partial charge is 0.293 e. The number of carbonyl (C=O) groups is 2. The predicted octanol–water partition coefficient (Wildman–Crippen LogP) is 3.84. The zero-order valence-corrected chi connectivity index (χ0v) is 15.4. The van der Waals surface area contributed by atoms with E-state index in [1.54, 1.807) is 23.2 Å². The van der Waals surface area contributed by atoms with Crippen LogP contribution in [0.25, 0.3) is 0 Å². The largest absolute Gasteiger partial charge is 0.459 e. The molecule has 2 aromatic heterocycles. The maximum absolute atomic E-state index is 12.6. The van der Waals surface area contributed by atoms with Gasteiger partial charge in [0.1, 0.15) is 0 Å². The predicted molar refractivity (Wildman–Crippen MR) is 106 cm³/mol. The van der Waals surface area contributed by atoms with Gasteiger partial charge in [-0.25, -0.2) is 0 Å². The number of nitrogens with one attached hydrogen (secondary N) is 1. The van der Waals surface area contributed by atoms with Gasteiger partial charge in [0.05, 0.1) is 6.26 Å². The minimum absolute atomic E-state index is 0.0363. The van der Waals surface area contributed by atoms with Crippen LogP contribution in [-0.4, -0.2) is 23.3 Å². The van der Waals surface area contributed by atoms with Crippen LogP contribution in [0.5, 0.6) is 0 Å². The van der Waals surface area contributed by atoms with Crippen LogP contribution in [0, 0.1) is 0 Å². The first-order chi connectivity index (χ1) is 13.7. The van der Waals surface area contributed by atoms with E-state index in [4.69, 9.17) is 4.42 Å². The number of rotatable bonds is 6. The minimum atomic E-state index is -0.163. The highest BCUT2D eigenvalue weighted by Gasteiger charge is 2.27. The fourth-order valence-corrected chi connectivity index (χ4v) is 3.42. The molecule has 6 heteroatoms. The molecule has 1 N–H and O–H groups in total. The molecule has 0 saturated heterocycles. The molecule has 142 valence electrons. The third-order valence-corrected chi connectivity index (χ3v) is 4.83. The van der Waals surface area contributed by atoms with E-state index in [0.29, 0.717) is 24.4 Å². The highest BCUT2D eigenvalue weighted by atomic mass is 16.3. The molecule has 0 bridgehead atoms. The van der Waals surface area contributed by atoms with Crippen LogP contribution < -0.4 is 10.2 Å². The average molecular weight is 375 g/mol. The van der Waals surface area contributed by atoms with Crippen molar-refractivity contribution in [2.24, 2.45) is 0 Å². The van der Waals surface area contributed by atoms with Gasteiger partial charge < -0.3 is 14.6 Å². The maximum Gasteiger partial charge on any atom is 0.293 e. The minimum Gasteiger partial charge on any atom is -0.459 e. The number of pyridine rings is 1. The van der Waals surface area contributed by atoms with Gasteiger partial charge in [0.25, 0.3) is 5.91 Å². The molecule has 28 heavy (non-hydrogen) atoms. The number of hydrogen-bond acceptors (Lipinski definition) is 4. The van der Waals surface area contributed by atoms with Gasteiger partial charge in [0.15, 0.2) is 5.76 Å². The Kier molecular flexibility index (Phi) is 5.19. The Morgan fingerprint density at radius 3 is 2.89 bits per heavy atom. The second kappa shape index (κ2) is 8.08. The number of benzene rings is 1. The third-order valence-electron chi connectivity index (χ3n) is 4.83. The molecule has 1 aromatic carbocycles. The van der Waals surface area contributed by atoms with E-state index in [1.807, 2.05) is 36.5 Å². The Bertz CT molecular complexity index is 968. The molecule has 0 fully saturated rings. The summed E-state index contributed by atoms with van der Waals surface area (Å²) in [6.07, 6.45) is 7.85. The number of amides is 2. The molecule has 3 heterocycles. The number of fused-ring (bicyclic) bond motifs is 1. The van der Waals surface area contributed by atoms with E-state index in [9.17, 15) is 9.59 Å². The van der Waals surface area contributed by atoms with E-state index in [1.165, 1.54) is 6.26 Å². The average Bonchev–Trinajstić information content (AvgIpc) is 3.38. The molecular weight excluding hydrogens is 354 g/mol. The molecule has 3 aromatic rings. The Balaban J connectivity index is 1.38. The van der Waals surface area contributed by atoms with E-state index in [2.05, 4.69) is 10.3 Å². The summed E-state index contributed by atoms with van der Waals surface area (Å²) in [6, 6.07) is 13.0. The topological polar surface area (TPSA) is 75.4 Å². The van der Waals surface area contributed by atoms with Crippen molar-refractivity contribution >= 4 is 23.2 Å². The zero-order chi connectivity index (χ0) is 19.3. The van der Waals surface area contributed by atoms with Crippen LogP contribution in [0.1, 0.15) is 34.5 Å². The van der Waals surface area contributed by atoms with Crippen LogP contribution >= 0.6 is 0 Å². The number of aryl methyl sites for hydroxylation is 1. The summed E-state index contributed by atoms with van der Waals surface area (Å²) in [6.45, 7) is 0.609. The Labute approximate surface area is 163 Å². The fraction of sp³-hybridized carbons (Fsp3) is 0.227. The van der Waals surface area contributed by atoms with Crippen molar-refractivity contribution in [3.63, 3.8) is 0 Å². The Morgan fingerprint density at radius 1 is 1.18 bits per heavy atom. The van der Waals surface area contributed by atoms with Crippen molar-refractivity contribution in [1.29, 1.82) is 0 Å². The molecule has 0 spiro atoms. The fourth-order valence-electron chi connectivity index (χ4n) is 3.42. The van der Waals surface area contributed by atoms with E-state index in [-0.39, 0.29) is 11.8 Å². The molecule has 0 aliphatic carbocycles. The van der Waals surface area contributed by atoms with Gasteiger partial charge in [-0.05, 0) is 60.7 Å². The Hall–Kier alpha value is -3.41. The Morgan fingerprint density at radius 2 is 2.11 bits per heavy atom. The lowest BCUT2D eigenvalue weighted by Crippen LogP contribution is -2.28. The van der Waals surface area contributed by atoms with Gasteiger partial charge in [-0.15, -0.1) is 0 Å². The summed E-state index contributed by atoms with van der Waals surface area (Å²) >= 11 is 0. The summed E-state index contributed by atoms with van der Waals surface area (Å²) in [5.74, 6) is 0.118. The van der Waals surface area contributed by atoms with E-state index in [0.717, 1.165) is 36.1 Å². The van der Waals surface area contributed by atoms with Crippen molar-refractivity contribution in [3.05, 3.63) is 78.0 Å². The normalized spacial score (nSPS) is 12.6.